The molecule has 0 saturated heterocycles. The molecule has 7 N–H and O–H groups in total. The van der Waals surface area contributed by atoms with Crippen LogP contribution < -0.4 is 16.4 Å². The minimum atomic E-state index is -1.72. The molecule has 3 atom stereocenters. The van der Waals surface area contributed by atoms with E-state index in [2.05, 4.69) is 17.9 Å². The van der Waals surface area contributed by atoms with Gasteiger partial charge in [-0.25, -0.2) is 4.79 Å². The van der Waals surface area contributed by atoms with Crippen LogP contribution in [0.1, 0.15) is 19.3 Å². The Bertz CT molecular complexity index is 513. The van der Waals surface area contributed by atoms with E-state index in [4.69, 9.17) is 21.1 Å². The van der Waals surface area contributed by atoms with E-state index in [0.29, 0.717) is 0 Å². The summed E-state index contributed by atoms with van der Waals surface area (Å²) in [6.07, 6.45) is -1.69. The Morgan fingerprint density at radius 3 is 1.88 bits per heavy atom. The van der Waals surface area contributed by atoms with Crippen LogP contribution in [0.25, 0.3) is 0 Å². The van der Waals surface area contributed by atoms with E-state index in [9.17, 15) is 24.0 Å². The summed E-state index contributed by atoms with van der Waals surface area (Å²) in [6, 6.07) is -4.16. The van der Waals surface area contributed by atoms with Crippen LogP contribution in [0, 0.1) is 0 Å². The summed E-state index contributed by atoms with van der Waals surface area (Å²) < 4.78 is 0. The van der Waals surface area contributed by atoms with E-state index in [1.54, 1.807) is 0 Å². The highest BCUT2D eigenvalue weighted by atomic mass is 32.1. The van der Waals surface area contributed by atoms with Gasteiger partial charge >= 0.3 is 17.9 Å². The van der Waals surface area contributed by atoms with Crippen LogP contribution >= 0.6 is 12.6 Å². The van der Waals surface area contributed by atoms with E-state index in [1.807, 2.05) is 5.32 Å². The first kappa shape index (κ1) is 21.7. The third-order valence-corrected chi connectivity index (χ3v) is 3.20. The zero-order valence-corrected chi connectivity index (χ0v) is 13.4. The van der Waals surface area contributed by atoms with Gasteiger partial charge in [0.2, 0.25) is 11.8 Å². The van der Waals surface area contributed by atoms with Crippen molar-refractivity contribution in [2.24, 2.45) is 5.73 Å². The Morgan fingerprint density at radius 2 is 1.46 bits per heavy atom. The second-order valence-electron chi connectivity index (χ2n) is 4.78. The maximum Gasteiger partial charge on any atom is 0.326 e. The molecule has 0 aliphatic rings. The number of amides is 2. The monoisotopic (exact) mass is 365 g/mol. The Kier molecular flexibility index (Phi) is 9.42. The SMILES string of the molecule is NC(CS)C(=O)NC(CCC(=O)O)C(=O)NC(CC(=O)O)C(=O)O. The topological polar surface area (TPSA) is 196 Å². The first-order valence-corrected chi connectivity index (χ1v) is 7.35. The summed E-state index contributed by atoms with van der Waals surface area (Å²) in [5.74, 6) is -6.10. The molecular weight excluding hydrogens is 346 g/mol. The summed E-state index contributed by atoms with van der Waals surface area (Å²) in [5, 5.41) is 30.3. The molecule has 2 amide bonds. The van der Waals surface area contributed by atoms with Gasteiger partial charge < -0.3 is 31.7 Å². The van der Waals surface area contributed by atoms with Gasteiger partial charge in [0.1, 0.15) is 12.1 Å². The van der Waals surface area contributed by atoms with Crippen LogP contribution in [-0.4, -0.2) is 68.9 Å². The van der Waals surface area contributed by atoms with E-state index in [1.165, 1.54) is 0 Å². The van der Waals surface area contributed by atoms with Gasteiger partial charge in [-0.05, 0) is 6.42 Å². The van der Waals surface area contributed by atoms with Crippen molar-refractivity contribution in [3.05, 3.63) is 0 Å². The van der Waals surface area contributed by atoms with Gasteiger partial charge in [0.15, 0.2) is 0 Å². The predicted molar refractivity (Wildman–Crippen MR) is 82.4 cm³/mol. The van der Waals surface area contributed by atoms with Crippen molar-refractivity contribution in [1.82, 2.24) is 10.6 Å². The van der Waals surface area contributed by atoms with Gasteiger partial charge in [0.05, 0.1) is 12.5 Å². The van der Waals surface area contributed by atoms with Crippen LogP contribution in [0.3, 0.4) is 0 Å². The van der Waals surface area contributed by atoms with Crippen molar-refractivity contribution in [2.75, 3.05) is 5.75 Å². The largest absolute Gasteiger partial charge is 0.481 e. The molecule has 0 aromatic rings. The van der Waals surface area contributed by atoms with Crippen LogP contribution in [0.2, 0.25) is 0 Å². The molecule has 0 saturated carbocycles. The number of carbonyl (C=O) groups is 5. The Hall–Kier alpha value is -2.34. The van der Waals surface area contributed by atoms with Crippen molar-refractivity contribution < 1.29 is 39.3 Å². The molecule has 11 nitrogen and oxygen atoms in total. The van der Waals surface area contributed by atoms with Crippen LogP contribution in [-0.2, 0) is 24.0 Å². The van der Waals surface area contributed by atoms with Crippen molar-refractivity contribution in [3.8, 4) is 0 Å². The normalized spacial score (nSPS) is 14.1. The standard InChI is InChI=1S/C12H19N3O8S/c13-5(4-24)10(20)14-6(1-2-8(16)17)11(21)15-7(12(22)23)3-9(18)19/h5-7,24H,1-4,13H2,(H,14,20)(H,15,21)(H,16,17)(H,18,19)(H,22,23). The third-order valence-electron chi connectivity index (χ3n) is 2.81. The molecule has 12 heteroatoms. The van der Waals surface area contributed by atoms with Gasteiger partial charge in [-0.3, -0.25) is 19.2 Å². The molecule has 0 spiro atoms. The van der Waals surface area contributed by atoms with E-state index >= 15 is 0 Å². The van der Waals surface area contributed by atoms with Crippen molar-refractivity contribution in [1.29, 1.82) is 0 Å². The number of thiol groups is 1. The first-order valence-electron chi connectivity index (χ1n) is 6.72. The quantitative estimate of drug-likeness (QED) is 0.196. The molecule has 0 aliphatic heterocycles. The van der Waals surface area contributed by atoms with Crippen LogP contribution in [0.15, 0.2) is 0 Å². The van der Waals surface area contributed by atoms with Crippen LogP contribution in [0.5, 0.6) is 0 Å². The second kappa shape index (κ2) is 10.4. The number of hydrogen-bond acceptors (Lipinski definition) is 7. The molecule has 0 bridgehead atoms. The Morgan fingerprint density at radius 1 is 0.917 bits per heavy atom. The molecule has 0 aromatic heterocycles. The Balaban J connectivity index is 5.05. The Labute approximate surface area is 142 Å². The lowest BCUT2D eigenvalue weighted by atomic mass is 10.1. The van der Waals surface area contributed by atoms with Gasteiger partial charge in [0.25, 0.3) is 0 Å². The van der Waals surface area contributed by atoms with Gasteiger partial charge in [0, 0.05) is 12.2 Å². The number of rotatable bonds is 11. The lowest BCUT2D eigenvalue weighted by Crippen LogP contribution is -2.55. The smallest absolute Gasteiger partial charge is 0.326 e. The highest BCUT2D eigenvalue weighted by Crippen LogP contribution is 2.02. The zero-order valence-electron chi connectivity index (χ0n) is 12.5. The summed E-state index contributed by atoms with van der Waals surface area (Å²) in [7, 11) is 0. The molecule has 3 unspecified atom stereocenters. The number of nitrogens with one attached hydrogen (secondary N) is 2. The van der Waals surface area contributed by atoms with Crippen molar-refractivity contribution >= 4 is 42.4 Å². The molecule has 0 rings (SSSR count). The van der Waals surface area contributed by atoms with E-state index in [0.717, 1.165) is 0 Å². The minimum absolute atomic E-state index is 0.0319. The van der Waals surface area contributed by atoms with Gasteiger partial charge in [-0.1, -0.05) is 0 Å². The van der Waals surface area contributed by atoms with Crippen LogP contribution in [0.4, 0.5) is 0 Å². The zero-order chi connectivity index (χ0) is 18.9. The number of nitrogens with two attached hydrogens (primary N) is 1. The summed E-state index contributed by atoms with van der Waals surface area (Å²) in [5.41, 5.74) is 5.43. The highest BCUT2D eigenvalue weighted by molar-refractivity contribution is 7.80. The summed E-state index contributed by atoms with van der Waals surface area (Å²) >= 11 is 3.81. The molecule has 136 valence electrons. The maximum atomic E-state index is 12.1. The second-order valence-corrected chi connectivity index (χ2v) is 5.15. The fourth-order valence-corrected chi connectivity index (χ4v) is 1.71. The number of carbonyl (C=O) groups excluding carboxylic acids is 2. The number of carboxylic acids is 3. The third kappa shape index (κ3) is 8.33. The lowest BCUT2D eigenvalue weighted by molar-refractivity contribution is -0.147. The molecule has 0 aliphatic carbocycles. The number of hydrogen-bond donors (Lipinski definition) is 7. The van der Waals surface area contributed by atoms with Gasteiger partial charge in [-0.15, -0.1) is 0 Å². The molecule has 0 heterocycles. The number of carboxylic acid groups (broad SMARTS) is 3. The van der Waals surface area contributed by atoms with E-state index < -0.39 is 60.7 Å². The first-order chi connectivity index (χ1) is 11.1. The average molecular weight is 365 g/mol. The highest BCUT2D eigenvalue weighted by Gasteiger charge is 2.29. The minimum Gasteiger partial charge on any atom is -0.481 e. The molecule has 0 aromatic carbocycles. The number of aliphatic carboxylic acids is 3. The van der Waals surface area contributed by atoms with Gasteiger partial charge in [-0.2, -0.15) is 12.6 Å². The average Bonchev–Trinajstić information content (AvgIpc) is 2.48. The predicted octanol–water partition coefficient (Wildman–Crippen LogP) is -2.36. The maximum absolute atomic E-state index is 12.1. The molecular formula is C12H19N3O8S. The fraction of sp³-hybridized carbons (Fsp3) is 0.583. The van der Waals surface area contributed by atoms with Crippen molar-refractivity contribution in [3.63, 3.8) is 0 Å². The van der Waals surface area contributed by atoms with E-state index in [-0.39, 0.29) is 12.2 Å². The molecule has 24 heavy (non-hydrogen) atoms. The fourth-order valence-electron chi connectivity index (χ4n) is 1.55. The lowest BCUT2D eigenvalue weighted by Gasteiger charge is -2.21. The summed E-state index contributed by atoms with van der Waals surface area (Å²) in [4.78, 5) is 55.9. The van der Waals surface area contributed by atoms with Crippen molar-refractivity contribution in [2.45, 2.75) is 37.4 Å². The molecule has 0 radical (unpaired) electrons. The summed E-state index contributed by atoms with van der Waals surface area (Å²) in [6.45, 7) is 0. The molecule has 0 fully saturated rings.